The summed E-state index contributed by atoms with van der Waals surface area (Å²) in [5.74, 6) is 0. The zero-order valence-electron chi connectivity index (χ0n) is 8.91. The average molecular weight is 237 g/mol. The van der Waals surface area contributed by atoms with Gasteiger partial charge < -0.3 is 0 Å². The lowest BCUT2D eigenvalue weighted by atomic mass is 10.1. The molecule has 2 rings (SSSR count). The third-order valence-corrected chi connectivity index (χ3v) is 2.37. The molecule has 1 aromatic carbocycles. The van der Waals surface area contributed by atoms with Crippen molar-refractivity contribution in [3.8, 4) is 0 Å². The fourth-order valence-corrected chi connectivity index (χ4v) is 1.56. The van der Waals surface area contributed by atoms with Gasteiger partial charge in [-0.15, -0.1) is 0 Å². The first kappa shape index (κ1) is 11.6. The molecule has 0 atom stereocenters. The van der Waals surface area contributed by atoms with E-state index in [-0.39, 0.29) is 0 Å². The maximum Gasteiger partial charge on any atom is 0.416 e. The predicted octanol–water partition coefficient (Wildman–Crippen LogP) is 3.69. The first-order chi connectivity index (χ1) is 8.05. The molecular weight excluding hydrogens is 227 g/mol. The van der Waals surface area contributed by atoms with Crippen molar-refractivity contribution >= 4 is 0 Å². The lowest BCUT2D eigenvalue weighted by Gasteiger charge is -2.08. The zero-order chi connectivity index (χ0) is 12.3. The highest BCUT2D eigenvalue weighted by molar-refractivity contribution is 5.25. The highest BCUT2D eigenvalue weighted by Crippen LogP contribution is 2.29. The Morgan fingerprint density at radius 2 is 1.71 bits per heavy atom. The average Bonchev–Trinajstić information content (AvgIpc) is 2.29. The third-order valence-electron chi connectivity index (χ3n) is 2.37. The Morgan fingerprint density at radius 3 is 2.35 bits per heavy atom. The smallest absolute Gasteiger partial charge is 0.261 e. The molecule has 17 heavy (non-hydrogen) atoms. The molecule has 1 heterocycles. The summed E-state index contributed by atoms with van der Waals surface area (Å²) in [7, 11) is 0. The topological polar surface area (TPSA) is 12.9 Å². The van der Waals surface area contributed by atoms with E-state index in [2.05, 4.69) is 4.98 Å². The van der Waals surface area contributed by atoms with Crippen LogP contribution in [0.4, 0.5) is 13.2 Å². The van der Waals surface area contributed by atoms with Crippen LogP contribution in [0, 0.1) is 0 Å². The number of nitrogens with zero attached hydrogens (tertiary/aromatic N) is 1. The molecular formula is C13H10F3N. The molecule has 4 heteroatoms. The minimum atomic E-state index is -4.31. The van der Waals surface area contributed by atoms with Crippen LogP contribution in [-0.2, 0) is 12.6 Å². The van der Waals surface area contributed by atoms with Crippen molar-refractivity contribution in [1.29, 1.82) is 0 Å². The van der Waals surface area contributed by atoms with Crippen LogP contribution < -0.4 is 0 Å². The van der Waals surface area contributed by atoms with Gasteiger partial charge >= 0.3 is 6.18 Å². The molecule has 1 aromatic heterocycles. The van der Waals surface area contributed by atoms with Crippen molar-refractivity contribution in [1.82, 2.24) is 4.98 Å². The largest absolute Gasteiger partial charge is 0.416 e. The summed E-state index contributed by atoms with van der Waals surface area (Å²) in [4.78, 5) is 3.95. The fraction of sp³-hybridized carbons (Fsp3) is 0.154. The van der Waals surface area contributed by atoms with E-state index in [1.165, 1.54) is 6.20 Å². The van der Waals surface area contributed by atoms with Gasteiger partial charge in [0, 0.05) is 18.3 Å². The number of halogens is 3. The van der Waals surface area contributed by atoms with Gasteiger partial charge in [-0.2, -0.15) is 13.2 Å². The zero-order valence-corrected chi connectivity index (χ0v) is 8.91. The van der Waals surface area contributed by atoms with Crippen LogP contribution in [0.25, 0.3) is 0 Å². The normalized spacial score (nSPS) is 11.5. The Balaban J connectivity index is 2.23. The third kappa shape index (κ3) is 3.06. The van der Waals surface area contributed by atoms with Gasteiger partial charge in [0.1, 0.15) is 0 Å². The lowest BCUT2D eigenvalue weighted by Crippen LogP contribution is -2.06. The van der Waals surface area contributed by atoms with Gasteiger partial charge in [-0.05, 0) is 17.7 Å². The van der Waals surface area contributed by atoms with Crippen LogP contribution >= 0.6 is 0 Å². The minimum absolute atomic E-state index is 0.408. The van der Waals surface area contributed by atoms with E-state index in [1.54, 1.807) is 0 Å². The monoisotopic (exact) mass is 237 g/mol. The minimum Gasteiger partial charge on any atom is -0.261 e. The molecule has 0 amide bonds. The fourth-order valence-electron chi connectivity index (χ4n) is 1.56. The van der Waals surface area contributed by atoms with Crippen molar-refractivity contribution in [2.45, 2.75) is 12.6 Å². The van der Waals surface area contributed by atoms with Crippen LogP contribution in [0.1, 0.15) is 16.8 Å². The van der Waals surface area contributed by atoms with Crippen molar-refractivity contribution in [2.24, 2.45) is 0 Å². The van der Waals surface area contributed by atoms with Gasteiger partial charge in [0.25, 0.3) is 0 Å². The van der Waals surface area contributed by atoms with Crippen LogP contribution in [0.15, 0.2) is 48.7 Å². The van der Waals surface area contributed by atoms with Gasteiger partial charge in [-0.1, -0.05) is 30.3 Å². The van der Waals surface area contributed by atoms with Gasteiger partial charge in [0.15, 0.2) is 0 Å². The Hall–Kier alpha value is -1.84. The van der Waals surface area contributed by atoms with Crippen LogP contribution in [0.2, 0.25) is 0 Å². The summed E-state index contributed by atoms with van der Waals surface area (Å²) in [6.45, 7) is 0. The molecule has 0 aliphatic carbocycles. The van der Waals surface area contributed by atoms with E-state index in [0.29, 0.717) is 12.1 Å². The number of pyridine rings is 1. The standard InChI is InChI=1S/C13H10F3N/c14-13(15,16)11-6-7-17-12(9-11)8-10-4-2-1-3-5-10/h1-7,9H,8H2. The Morgan fingerprint density at radius 1 is 1.00 bits per heavy atom. The van der Waals surface area contributed by atoms with Crippen LogP contribution in [0.5, 0.6) is 0 Å². The van der Waals surface area contributed by atoms with Gasteiger partial charge in [-0.25, -0.2) is 0 Å². The van der Waals surface area contributed by atoms with Crippen molar-refractivity contribution in [3.05, 3.63) is 65.5 Å². The molecule has 0 bridgehead atoms. The molecule has 0 aliphatic rings. The molecule has 0 unspecified atom stereocenters. The molecule has 0 saturated carbocycles. The van der Waals surface area contributed by atoms with Gasteiger partial charge in [-0.3, -0.25) is 4.98 Å². The molecule has 0 N–H and O–H groups in total. The van der Waals surface area contributed by atoms with Gasteiger partial charge in [0.2, 0.25) is 0 Å². The number of hydrogen-bond acceptors (Lipinski definition) is 1. The SMILES string of the molecule is FC(F)(F)c1ccnc(Cc2ccccc2)c1. The van der Waals surface area contributed by atoms with Crippen molar-refractivity contribution in [3.63, 3.8) is 0 Å². The first-order valence-electron chi connectivity index (χ1n) is 5.12. The molecule has 0 spiro atoms. The van der Waals surface area contributed by atoms with Crippen molar-refractivity contribution < 1.29 is 13.2 Å². The summed E-state index contributed by atoms with van der Waals surface area (Å²) in [6.07, 6.45) is -2.71. The van der Waals surface area contributed by atoms with E-state index in [0.717, 1.165) is 17.7 Å². The maximum absolute atomic E-state index is 12.5. The second kappa shape index (κ2) is 4.57. The number of rotatable bonds is 2. The summed E-state index contributed by atoms with van der Waals surface area (Å²) in [5, 5.41) is 0. The van der Waals surface area contributed by atoms with E-state index in [1.807, 2.05) is 30.3 Å². The number of hydrogen-bond donors (Lipinski definition) is 0. The molecule has 0 radical (unpaired) electrons. The van der Waals surface area contributed by atoms with E-state index >= 15 is 0 Å². The van der Waals surface area contributed by atoms with Crippen molar-refractivity contribution in [2.75, 3.05) is 0 Å². The Bertz CT molecular complexity index is 492. The molecule has 88 valence electrons. The summed E-state index contributed by atoms with van der Waals surface area (Å²) in [5.41, 5.74) is 0.712. The van der Waals surface area contributed by atoms with E-state index in [4.69, 9.17) is 0 Å². The highest BCUT2D eigenvalue weighted by Gasteiger charge is 2.30. The number of aromatic nitrogens is 1. The van der Waals surface area contributed by atoms with E-state index < -0.39 is 11.7 Å². The molecule has 0 saturated heterocycles. The van der Waals surface area contributed by atoms with Crippen LogP contribution in [-0.4, -0.2) is 4.98 Å². The molecule has 1 nitrogen and oxygen atoms in total. The summed E-state index contributed by atoms with van der Waals surface area (Å²) in [6, 6.07) is 11.4. The Kier molecular flexibility index (Phi) is 3.13. The predicted molar refractivity (Wildman–Crippen MR) is 58.5 cm³/mol. The summed E-state index contributed by atoms with van der Waals surface area (Å²) >= 11 is 0. The van der Waals surface area contributed by atoms with Crippen LogP contribution in [0.3, 0.4) is 0 Å². The second-order valence-electron chi connectivity index (χ2n) is 3.70. The second-order valence-corrected chi connectivity index (χ2v) is 3.70. The Labute approximate surface area is 96.9 Å². The molecule has 0 aliphatic heterocycles. The molecule has 0 fully saturated rings. The summed E-state index contributed by atoms with van der Waals surface area (Å²) < 4.78 is 37.4. The highest BCUT2D eigenvalue weighted by atomic mass is 19.4. The van der Waals surface area contributed by atoms with E-state index in [9.17, 15) is 13.2 Å². The molecule has 2 aromatic rings. The first-order valence-corrected chi connectivity index (χ1v) is 5.12. The number of benzene rings is 1. The maximum atomic E-state index is 12.5. The van der Waals surface area contributed by atoms with Gasteiger partial charge in [0.05, 0.1) is 5.56 Å². The number of alkyl halides is 3. The quantitative estimate of drug-likeness (QED) is 0.776. The lowest BCUT2D eigenvalue weighted by molar-refractivity contribution is -0.137.